The predicted molar refractivity (Wildman–Crippen MR) is 94.8 cm³/mol. The van der Waals surface area contributed by atoms with Crippen molar-refractivity contribution in [3.05, 3.63) is 12.2 Å². The second kappa shape index (κ2) is 17.6. The molecule has 1 N–H and O–H groups in total. The van der Waals surface area contributed by atoms with Crippen LogP contribution in [0.2, 0.25) is 0 Å². The first kappa shape index (κ1) is 27.4. The summed E-state index contributed by atoms with van der Waals surface area (Å²) in [6, 6.07) is 0. The normalized spacial score (nSPS) is 11.8. The monoisotopic (exact) mass is 377 g/mol. The average molecular weight is 377 g/mol. The summed E-state index contributed by atoms with van der Waals surface area (Å²) in [5, 5.41) is 19.5. The number of allylic oxidation sites excluding steroid dienone is 1. The Morgan fingerprint density at radius 3 is 2.08 bits per heavy atom. The molecule has 0 radical (unpaired) electrons. The molecule has 144 valence electrons. The van der Waals surface area contributed by atoms with Gasteiger partial charge < -0.3 is 19.9 Å². The number of likely N-dealkylation sites (N-methyl/N-ethyl adjacent to an activating group) is 1. The van der Waals surface area contributed by atoms with Crippen LogP contribution in [0.15, 0.2) is 12.2 Å². The van der Waals surface area contributed by atoms with Gasteiger partial charge in [-0.05, 0) is 12.8 Å². The Morgan fingerprint density at radius 1 is 1.04 bits per heavy atom. The van der Waals surface area contributed by atoms with Crippen LogP contribution >= 0.6 is 0 Å². The van der Waals surface area contributed by atoms with Crippen molar-refractivity contribution in [1.82, 2.24) is 4.90 Å². The van der Waals surface area contributed by atoms with Crippen molar-refractivity contribution in [2.45, 2.75) is 71.1 Å². The fourth-order valence-corrected chi connectivity index (χ4v) is 2.64. The molecular formula is C19H32NNaO5. The number of hydrogen-bond acceptors (Lipinski definition) is 4. The molecule has 0 aliphatic heterocycles. The summed E-state index contributed by atoms with van der Waals surface area (Å²) in [5.74, 6) is -3.84. The number of carbonyl (C=O) groups is 3. The van der Waals surface area contributed by atoms with E-state index in [0.717, 1.165) is 24.2 Å². The fraction of sp³-hybridized carbons (Fsp3) is 0.737. The third kappa shape index (κ3) is 15.4. The molecule has 0 rings (SSSR count). The summed E-state index contributed by atoms with van der Waals surface area (Å²) >= 11 is 0. The quantitative estimate of drug-likeness (QED) is 0.233. The van der Waals surface area contributed by atoms with Crippen LogP contribution in [0.4, 0.5) is 0 Å². The summed E-state index contributed by atoms with van der Waals surface area (Å²) in [6.45, 7) is 1.75. The Morgan fingerprint density at radius 2 is 1.58 bits per heavy atom. The van der Waals surface area contributed by atoms with Gasteiger partial charge in [0.15, 0.2) is 0 Å². The minimum atomic E-state index is -1.32. The van der Waals surface area contributed by atoms with E-state index in [0.29, 0.717) is 0 Å². The van der Waals surface area contributed by atoms with Gasteiger partial charge in [0.05, 0.1) is 5.92 Å². The largest absolute Gasteiger partial charge is 1.00 e. The van der Waals surface area contributed by atoms with Gasteiger partial charge >= 0.3 is 35.5 Å². The van der Waals surface area contributed by atoms with Crippen molar-refractivity contribution in [2.75, 3.05) is 13.6 Å². The fourth-order valence-electron chi connectivity index (χ4n) is 2.64. The molecule has 0 aliphatic carbocycles. The van der Waals surface area contributed by atoms with Gasteiger partial charge in [-0.1, -0.05) is 64.0 Å². The van der Waals surface area contributed by atoms with Crippen LogP contribution in [0.5, 0.6) is 0 Å². The Labute approximate surface area is 179 Å². The van der Waals surface area contributed by atoms with Gasteiger partial charge in [-0.25, -0.2) is 0 Å². The zero-order valence-electron chi connectivity index (χ0n) is 16.5. The summed E-state index contributed by atoms with van der Waals surface area (Å²) in [6.07, 6.45) is 13.4. The van der Waals surface area contributed by atoms with Gasteiger partial charge in [-0.15, -0.1) is 0 Å². The topological polar surface area (TPSA) is 97.7 Å². The Hall–Kier alpha value is -0.850. The molecule has 0 heterocycles. The molecule has 0 aromatic carbocycles. The van der Waals surface area contributed by atoms with E-state index in [1.807, 2.05) is 6.08 Å². The maximum atomic E-state index is 12.1. The molecule has 1 amide bonds. The summed E-state index contributed by atoms with van der Waals surface area (Å²) in [7, 11) is 1.35. The van der Waals surface area contributed by atoms with Crippen molar-refractivity contribution >= 4 is 17.8 Å². The Bertz CT molecular complexity index is 440. The number of unbranched alkanes of at least 4 members (excludes halogenated alkanes) is 8. The van der Waals surface area contributed by atoms with Crippen molar-refractivity contribution in [3.63, 3.8) is 0 Å². The van der Waals surface area contributed by atoms with Crippen LogP contribution in [0, 0.1) is 5.92 Å². The minimum absolute atomic E-state index is 0. The van der Waals surface area contributed by atoms with Crippen LogP contribution in [-0.2, 0) is 14.4 Å². The average Bonchev–Trinajstić information content (AvgIpc) is 2.53. The van der Waals surface area contributed by atoms with Crippen molar-refractivity contribution < 1.29 is 54.2 Å². The first-order chi connectivity index (χ1) is 11.9. The number of rotatable bonds is 15. The molecule has 0 saturated heterocycles. The number of aliphatic carboxylic acids is 2. The minimum Gasteiger partial charge on any atom is -0.550 e. The first-order valence-corrected chi connectivity index (χ1v) is 9.21. The van der Waals surface area contributed by atoms with Gasteiger partial charge in [0.1, 0.15) is 6.54 Å². The number of carboxylic acids is 2. The molecule has 0 aromatic rings. The molecule has 1 atom stereocenters. The second-order valence-electron chi connectivity index (χ2n) is 6.46. The van der Waals surface area contributed by atoms with Crippen molar-refractivity contribution in [2.24, 2.45) is 5.92 Å². The maximum absolute atomic E-state index is 12.1. The van der Waals surface area contributed by atoms with Crippen LogP contribution in [0.3, 0.4) is 0 Å². The van der Waals surface area contributed by atoms with Crippen molar-refractivity contribution in [1.29, 1.82) is 0 Å². The van der Waals surface area contributed by atoms with Crippen LogP contribution < -0.4 is 34.7 Å². The van der Waals surface area contributed by atoms with Crippen LogP contribution in [0.25, 0.3) is 0 Å². The SMILES string of the molecule is CCCCCCCCCC/C=C/C(CC(=O)[O-])C(=O)N(C)CC(=O)O.[Na+]. The Kier molecular flexibility index (Phi) is 18.5. The summed E-state index contributed by atoms with van der Waals surface area (Å²) < 4.78 is 0. The zero-order chi connectivity index (χ0) is 19.1. The molecule has 26 heavy (non-hydrogen) atoms. The molecule has 0 fully saturated rings. The zero-order valence-corrected chi connectivity index (χ0v) is 18.5. The van der Waals surface area contributed by atoms with Gasteiger partial charge in [-0.3, -0.25) is 9.59 Å². The van der Waals surface area contributed by atoms with E-state index in [1.54, 1.807) is 6.08 Å². The second-order valence-corrected chi connectivity index (χ2v) is 6.46. The van der Waals surface area contributed by atoms with Crippen LogP contribution in [-0.4, -0.2) is 41.4 Å². The summed E-state index contributed by atoms with van der Waals surface area (Å²) in [4.78, 5) is 34.6. The standard InChI is InChI=1S/C19H33NO5.Na/c1-3-4-5-6-7-8-9-10-11-12-13-16(14-17(21)22)19(25)20(2)15-18(23)24;/h12-13,16H,3-11,14-15H2,1-2H3,(H,21,22)(H,23,24);/q;+1/p-1/b13-12+;. The maximum Gasteiger partial charge on any atom is 1.00 e. The smallest absolute Gasteiger partial charge is 0.550 e. The van der Waals surface area contributed by atoms with E-state index in [9.17, 15) is 19.5 Å². The van der Waals surface area contributed by atoms with Gasteiger partial charge in [-0.2, -0.15) is 0 Å². The van der Waals surface area contributed by atoms with Crippen molar-refractivity contribution in [3.8, 4) is 0 Å². The van der Waals surface area contributed by atoms with E-state index in [4.69, 9.17) is 5.11 Å². The Balaban J connectivity index is 0. The van der Waals surface area contributed by atoms with E-state index in [-0.39, 0.29) is 29.6 Å². The van der Waals surface area contributed by atoms with E-state index >= 15 is 0 Å². The third-order valence-corrected chi connectivity index (χ3v) is 4.05. The van der Waals surface area contributed by atoms with Crippen LogP contribution in [0.1, 0.15) is 71.1 Å². The molecule has 7 heteroatoms. The molecule has 0 bridgehead atoms. The molecule has 0 aliphatic rings. The number of carbonyl (C=O) groups excluding carboxylic acids is 2. The molecule has 6 nitrogen and oxygen atoms in total. The van der Waals surface area contributed by atoms with E-state index in [2.05, 4.69) is 6.92 Å². The molecule has 0 saturated carbocycles. The van der Waals surface area contributed by atoms with Gasteiger partial charge in [0.2, 0.25) is 5.91 Å². The number of nitrogens with zero attached hydrogens (tertiary/aromatic N) is 1. The number of hydrogen-bond donors (Lipinski definition) is 1. The molecule has 1 unspecified atom stereocenters. The number of carboxylic acid groups (broad SMARTS) is 2. The summed E-state index contributed by atoms with van der Waals surface area (Å²) in [5.41, 5.74) is 0. The number of amides is 1. The van der Waals surface area contributed by atoms with Gasteiger partial charge in [0, 0.05) is 19.4 Å². The van der Waals surface area contributed by atoms with Gasteiger partial charge in [0.25, 0.3) is 0 Å². The predicted octanol–water partition coefficient (Wildman–Crippen LogP) is -0.623. The molecular weight excluding hydrogens is 345 g/mol. The first-order valence-electron chi connectivity index (χ1n) is 9.21. The van der Waals surface area contributed by atoms with E-state index in [1.165, 1.54) is 45.6 Å². The van der Waals surface area contributed by atoms with E-state index < -0.39 is 36.7 Å². The molecule has 0 spiro atoms. The third-order valence-electron chi connectivity index (χ3n) is 4.05. The molecule has 0 aromatic heterocycles.